The minimum Gasteiger partial charge on any atom is -0.444 e. The molecule has 2 unspecified atom stereocenters. The third-order valence-electron chi connectivity index (χ3n) is 7.37. The minimum absolute atomic E-state index is 0.0138. The van der Waals surface area contributed by atoms with Crippen molar-refractivity contribution in [1.82, 2.24) is 15.1 Å². The second-order valence-corrected chi connectivity index (χ2v) is 10.9. The molecule has 4 atom stereocenters. The monoisotopic (exact) mass is 449 g/mol. The van der Waals surface area contributed by atoms with Gasteiger partial charge in [0.2, 0.25) is 0 Å². The van der Waals surface area contributed by atoms with E-state index in [0.717, 1.165) is 18.5 Å². The number of carbonyl (C=O) groups excluding carboxylic acids is 2. The lowest BCUT2D eigenvalue weighted by Crippen LogP contribution is -2.52. The van der Waals surface area contributed by atoms with Crippen LogP contribution < -0.4 is 5.32 Å². The van der Waals surface area contributed by atoms with Gasteiger partial charge in [-0.15, -0.1) is 0 Å². The molecule has 3 amide bonds. The Labute approximate surface area is 190 Å². The summed E-state index contributed by atoms with van der Waals surface area (Å²) in [7, 11) is 1.85. The molecule has 0 aromatic carbocycles. The molecule has 1 saturated carbocycles. The van der Waals surface area contributed by atoms with Crippen LogP contribution in [0.1, 0.15) is 47.0 Å². The predicted octanol–water partition coefficient (Wildman–Crippen LogP) is 3.86. The maximum absolute atomic E-state index is 14.7. The number of hydrogen-bond donors (Lipinski definition) is 1. The Morgan fingerprint density at radius 3 is 2.72 bits per heavy atom. The highest BCUT2D eigenvalue weighted by atomic mass is 19.1. The molecule has 0 radical (unpaired) electrons. The Bertz CT molecular complexity index is 817. The van der Waals surface area contributed by atoms with Crippen LogP contribution in [-0.2, 0) is 9.47 Å². The third kappa shape index (κ3) is 4.38. The number of carbonyl (C=O) groups is 2. The van der Waals surface area contributed by atoms with Gasteiger partial charge < -0.3 is 24.6 Å². The first-order valence-electron chi connectivity index (χ1n) is 11.6. The van der Waals surface area contributed by atoms with Gasteiger partial charge in [-0.1, -0.05) is 19.1 Å². The number of likely N-dealkylation sites (tertiary alicyclic amines) is 1. The zero-order valence-electron chi connectivity index (χ0n) is 19.8. The number of nitrogens with zero attached hydrogens (tertiary/aromatic N) is 2. The number of amides is 3. The molecule has 2 aliphatic carbocycles. The smallest absolute Gasteiger partial charge is 0.410 e. The van der Waals surface area contributed by atoms with Gasteiger partial charge in [-0.05, 0) is 57.9 Å². The molecule has 2 heterocycles. The van der Waals surface area contributed by atoms with E-state index in [2.05, 4.69) is 18.3 Å². The quantitative estimate of drug-likeness (QED) is 0.708. The van der Waals surface area contributed by atoms with Gasteiger partial charge in [-0.25, -0.2) is 14.0 Å². The first-order valence-corrected chi connectivity index (χ1v) is 11.6. The van der Waals surface area contributed by atoms with Gasteiger partial charge in [0, 0.05) is 31.3 Å². The zero-order chi connectivity index (χ0) is 23.3. The Hall–Kier alpha value is -2.09. The summed E-state index contributed by atoms with van der Waals surface area (Å²) in [5.41, 5.74) is 0.267. The van der Waals surface area contributed by atoms with Crippen LogP contribution in [0.4, 0.5) is 14.0 Å². The van der Waals surface area contributed by atoms with Crippen LogP contribution in [0.3, 0.4) is 0 Å². The van der Waals surface area contributed by atoms with E-state index in [4.69, 9.17) is 9.47 Å². The highest BCUT2D eigenvalue weighted by Crippen LogP contribution is 2.52. The molecule has 8 heteroatoms. The van der Waals surface area contributed by atoms with E-state index in [1.165, 1.54) is 4.90 Å². The van der Waals surface area contributed by atoms with Crippen molar-refractivity contribution in [2.45, 2.75) is 70.9 Å². The second-order valence-electron chi connectivity index (χ2n) is 10.9. The Kier molecular flexibility index (Phi) is 6.03. The molecule has 0 aromatic rings. The number of hydrogen-bond acceptors (Lipinski definition) is 4. The summed E-state index contributed by atoms with van der Waals surface area (Å²) in [4.78, 5) is 27.5. The van der Waals surface area contributed by atoms with Crippen LogP contribution in [0.15, 0.2) is 23.9 Å². The largest absolute Gasteiger partial charge is 0.444 e. The van der Waals surface area contributed by atoms with Gasteiger partial charge >= 0.3 is 12.1 Å². The minimum atomic E-state index is -1.21. The molecule has 1 N–H and O–H groups in total. The number of fused-ring (bicyclic) bond motifs is 1. The van der Waals surface area contributed by atoms with Crippen molar-refractivity contribution in [2.24, 2.45) is 17.3 Å². The third-order valence-corrected chi connectivity index (χ3v) is 7.37. The van der Waals surface area contributed by atoms with E-state index in [0.29, 0.717) is 31.4 Å². The maximum atomic E-state index is 14.7. The molecule has 32 heavy (non-hydrogen) atoms. The molecule has 4 rings (SSSR count). The van der Waals surface area contributed by atoms with Crippen molar-refractivity contribution in [2.75, 3.05) is 26.7 Å². The normalized spacial score (nSPS) is 36.9. The average molecular weight is 450 g/mol. The summed E-state index contributed by atoms with van der Waals surface area (Å²) in [5.74, 6) is 0.845. The molecule has 178 valence electrons. The van der Waals surface area contributed by atoms with Crippen LogP contribution in [0, 0.1) is 17.3 Å². The number of piperidine rings is 1. The second kappa shape index (κ2) is 8.36. The first kappa shape index (κ1) is 23.1. The maximum Gasteiger partial charge on any atom is 0.410 e. The number of rotatable bonds is 4. The zero-order valence-corrected chi connectivity index (χ0v) is 19.8. The molecule has 2 aliphatic heterocycles. The summed E-state index contributed by atoms with van der Waals surface area (Å²) in [6.07, 6.45) is 6.58. The number of ether oxygens (including phenoxy) is 2. The summed E-state index contributed by atoms with van der Waals surface area (Å²) >= 11 is 0. The van der Waals surface area contributed by atoms with Gasteiger partial charge in [0.25, 0.3) is 0 Å². The molecular formula is C24H36FN3O4. The highest BCUT2D eigenvalue weighted by molar-refractivity contribution is 5.81. The number of halogens is 1. The number of allylic oxidation sites excluding steroid dienone is 2. The van der Waals surface area contributed by atoms with Crippen LogP contribution in [0.25, 0.3) is 0 Å². The van der Waals surface area contributed by atoms with E-state index >= 15 is 0 Å². The van der Waals surface area contributed by atoms with E-state index in [1.54, 1.807) is 25.7 Å². The van der Waals surface area contributed by atoms with Gasteiger partial charge in [0.05, 0.1) is 18.7 Å². The average Bonchev–Trinajstić information content (AvgIpc) is 2.95. The molecule has 4 aliphatic rings. The lowest BCUT2D eigenvalue weighted by Gasteiger charge is -2.51. The Balaban J connectivity index is 1.24. The first-order chi connectivity index (χ1) is 15.0. The highest BCUT2D eigenvalue weighted by Gasteiger charge is 2.52. The fourth-order valence-electron chi connectivity index (χ4n) is 5.50. The van der Waals surface area contributed by atoms with Gasteiger partial charge in [0.15, 0.2) is 0 Å². The number of likely N-dealkylation sites (N-methyl/N-ethyl adjacent to an activating group) is 1. The lowest BCUT2D eigenvalue weighted by atomic mass is 9.57. The van der Waals surface area contributed by atoms with Crippen LogP contribution in [0.5, 0.6) is 0 Å². The SMILES string of the molecule is CN1C(=O)NC2=CC=CC(C)([C@H]3C[C@H](CO[C@@H]4CCN(C(=O)OC(C)(C)C)C[C@@H]4F)C3)C21. The molecular weight excluding hydrogens is 413 g/mol. The van der Waals surface area contributed by atoms with Crippen molar-refractivity contribution in [3.8, 4) is 0 Å². The molecule has 7 nitrogen and oxygen atoms in total. The topological polar surface area (TPSA) is 71.1 Å². The van der Waals surface area contributed by atoms with E-state index in [-0.39, 0.29) is 24.0 Å². The van der Waals surface area contributed by atoms with Gasteiger partial charge in [-0.2, -0.15) is 0 Å². The molecule has 0 bridgehead atoms. The lowest BCUT2D eigenvalue weighted by molar-refractivity contribution is -0.0822. The van der Waals surface area contributed by atoms with Crippen molar-refractivity contribution in [3.05, 3.63) is 23.9 Å². The fraction of sp³-hybridized carbons (Fsp3) is 0.750. The summed E-state index contributed by atoms with van der Waals surface area (Å²) in [6.45, 7) is 8.63. The van der Waals surface area contributed by atoms with Crippen molar-refractivity contribution in [3.63, 3.8) is 0 Å². The van der Waals surface area contributed by atoms with Crippen molar-refractivity contribution >= 4 is 12.1 Å². The molecule has 0 aromatic heterocycles. The van der Waals surface area contributed by atoms with Gasteiger partial charge in [-0.3, -0.25) is 0 Å². The summed E-state index contributed by atoms with van der Waals surface area (Å²) < 4.78 is 26.0. The van der Waals surface area contributed by atoms with Crippen LogP contribution >= 0.6 is 0 Å². The number of urea groups is 1. The predicted molar refractivity (Wildman–Crippen MR) is 119 cm³/mol. The number of alkyl halides is 1. The van der Waals surface area contributed by atoms with E-state index in [1.807, 2.05) is 19.2 Å². The van der Waals surface area contributed by atoms with E-state index in [9.17, 15) is 14.0 Å². The standard InChI is InChI=1S/C24H36FN3O4/c1-23(2,3)32-22(30)28-10-8-19(17(25)13-28)31-14-15-11-16(12-15)24(4)9-6-7-18-20(24)27(5)21(29)26-18/h6-7,9,15-17,19-20H,8,10-14H2,1-5H3,(H,26,29)/t15-,16-,17-,19+,20?,24?/m0/s1. The molecule has 2 saturated heterocycles. The van der Waals surface area contributed by atoms with Crippen LogP contribution in [-0.4, -0.2) is 72.6 Å². The Morgan fingerprint density at radius 1 is 1.34 bits per heavy atom. The number of nitrogens with one attached hydrogen (secondary N) is 1. The van der Waals surface area contributed by atoms with E-state index < -0.39 is 24.0 Å². The summed E-state index contributed by atoms with van der Waals surface area (Å²) in [6, 6.07) is -0.0126. The molecule has 0 spiro atoms. The fourth-order valence-corrected chi connectivity index (χ4v) is 5.50. The van der Waals surface area contributed by atoms with Crippen LogP contribution in [0.2, 0.25) is 0 Å². The van der Waals surface area contributed by atoms with Crippen molar-refractivity contribution < 1.29 is 23.5 Å². The molecule has 3 fully saturated rings. The summed E-state index contributed by atoms with van der Waals surface area (Å²) in [5, 5.41) is 2.97. The van der Waals surface area contributed by atoms with Crippen molar-refractivity contribution in [1.29, 1.82) is 0 Å². The van der Waals surface area contributed by atoms with Gasteiger partial charge in [0.1, 0.15) is 11.8 Å². The Morgan fingerprint density at radius 2 is 2.06 bits per heavy atom.